The molecule has 2 aliphatic carbocycles. The van der Waals surface area contributed by atoms with Gasteiger partial charge in [-0.15, -0.1) is 11.3 Å². The van der Waals surface area contributed by atoms with Crippen molar-refractivity contribution in [1.29, 1.82) is 0 Å². The summed E-state index contributed by atoms with van der Waals surface area (Å²) in [5.41, 5.74) is 3.42. The van der Waals surface area contributed by atoms with Gasteiger partial charge in [-0.2, -0.15) is 9.78 Å². The van der Waals surface area contributed by atoms with Gasteiger partial charge in [0.15, 0.2) is 39.6 Å². The summed E-state index contributed by atoms with van der Waals surface area (Å²) in [5.74, 6) is 2.35. The van der Waals surface area contributed by atoms with Crippen LogP contribution in [0.3, 0.4) is 0 Å². The molecule has 8 rings (SSSR count). The van der Waals surface area contributed by atoms with E-state index in [0.29, 0.717) is 141 Å². The Morgan fingerprint density at radius 2 is 1.02 bits per heavy atom. The molecular weight excluding hydrogens is 1170 g/mol. The minimum absolute atomic E-state index is 0.0678. The van der Waals surface area contributed by atoms with Gasteiger partial charge in [-0.3, -0.25) is 28.8 Å². The van der Waals surface area contributed by atoms with Crippen molar-refractivity contribution in [2.45, 2.75) is 155 Å². The highest BCUT2D eigenvalue weighted by atomic mass is 32.1. The maximum absolute atomic E-state index is 13.9. The number of unbranched alkanes of at least 4 members (excludes halogenated alkanes) is 6. The number of rotatable bonds is 39. The van der Waals surface area contributed by atoms with Crippen LogP contribution in [0, 0.1) is 37.5 Å². The van der Waals surface area contributed by atoms with Crippen molar-refractivity contribution in [1.82, 2.24) is 4.98 Å². The van der Waals surface area contributed by atoms with E-state index < -0.39 is 0 Å². The Labute approximate surface area is 530 Å². The number of carbonyl (C=O) groups is 6. The van der Waals surface area contributed by atoms with Gasteiger partial charge in [0.05, 0.1) is 51.5 Å². The van der Waals surface area contributed by atoms with Crippen LogP contribution in [0.25, 0.3) is 32.0 Å². The van der Waals surface area contributed by atoms with Gasteiger partial charge in [-0.1, -0.05) is 19.2 Å². The fourth-order valence-electron chi connectivity index (χ4n) is 10.9. The summed E-state index contributed by atoms with van der Waals surface area (Å²) in [6.07, 6.45) is 17.2. The molecule has 0 amide bonds. The molecule has 482 valence electrons. The minimum atomic E-state index is -0.306. The summed E-state index contributed by atoms with van der Waals surface area (Å²) in [6.45, 7) is 13.5. The maximum atomic E-state index is 13.9. The molecule has 2 heterocycles. The van der Waals surface area contributed by atoms with Crippen molar-refractivity contribution in [3.8, 4) is 45.3 Å². The van der Waals surface area contributed by atoms with E-state index in [9.17, 15) is 28.8 Å². The highest BCUT2D eigenvalue weighted by Gasteiger charge is 2.31. The summed E-state index contributed by atoms with van der Waals surface area (Å²) < 4.78 is 41.2. The Morgan fingerprint density at radius 3 is 1.57 bits per heavy atom. The molecule has 0 aliphatic heterocycles. The van der Waals surface area contributed by atoms with Gasteiger partial charge >= 0.3 is 23.9 Å². The number of ether oxygens (including phenoxy) is 6. The third kappa shape index (κ3) is 22.0. The lowest BCUT2D eigenvalue weighted by atomic mass is 9.82. The van der Waals surface area contributed by atoms with E-state index in [2.05, 4.69) is 26.1 Å². The van der Waals surface area contributed by atoms with Crippen LogP contribution in [0.15, 0.2) is 109 Å². The predicted octanol–water partition coefficient (Wildman–Crippen LogP) is 15.6. The predicted molar refractivity (Wildman–Crippen MR) is 340 cm³/mol. The molecule has 2 fully saturated rings. The standard InChI is InChI=1S/C71H85NO17S/c1-5-54(73)17-15-19-65(75)81-41-13-9-7-11-39-79-56-29-33-58(34-30-56)85-70(77)52-25-21-51(22-26-52)47-84-89-61-37-38-62(68-67(61)72-69(90-68)64-45-60-49(4)43-48(3)44-63(60)86-64)87-71(78)53-27-23-50(24-28-53)46-83-88-59-35-31-57(32-36-59)80-40-12-8-10-14-42-82-66(76)20-16-18-55(74)6-2/h5-6,29-38,43-45,50-53H,1-2,7-28,39-42,46-47H2,3-4H3. The number of allylic oxidation sites excluding steroid dienone is 2. The van der Waals surface area contributed by atoms with Gasteiger partial charge in [-0.05, 0) is 237 Å². The van der Waals surface area contributed by atoms with Crippen LogP contribution < -0.4 is 28.7 Å². The van der Waals surface area contributed by atoms with E-state index in [1.807, 2.05) is 31.2 Å². The van der Waals surface area contributed by atoms with Crippen molar-refractivity contribution in [3.63, 3.8) is 0 Å². The molecule has 6 aromatic rings. The lowest BCUT2D eigenvalue weighted by Gasteiger charge is -2.26. The first-order valence-electron chi connectivity index (χ1n) is 31.8. The molecule has 18 nitrogen and oxygen atoms in total. The van der Waals surface area contributed by atoms with Crippen LogP contribution in [0.5, 0.6) is 34.5 Å². The fourth-order valence-corrected chi connectivity index (χ4v) is 11.9. The molecule has 19 heteroatoms. The molecular formula is C71H85NO17S. The number of nitrogens with zero attached hydrogens (tertiary/aromatic N) is 1. The number of hydrogen-bond donors (Lipinski definition) is 0. The van der Waals surface area contributed by atoms with Crippen molar-refractivity contribution in [2.75, 3.05) is 39.6 Å². The van der Waals surface area contributed by atoms with Crippen LogP contribution in [-0.2, 0) is 48.0 Å². The van der Waals surface area contributed by atoms with Crippen LogP contribution in [0.1, 0.15) is 152 Å². The number of hydrogen-bond acceptors (Lipinski definition) is 19. The second-order valence-electron chi connectivity index (χ2n) is 23.3. The van der Waals surface area contributed by atoms with Crippen LogP contribution in [0.2, 0.25) is 0 Å². The number of aryl methyl sites for hydroxylation is 2. The number of furan rings is 1. The van der Waals surface area contributed by atoms with Crippen molar-refractivity contribution in [3.05, 3.63) is 115 Å². The van der Waals surface area contributed by atoms with Crippen molar-refractivity contribution in [2.24, 2.45) is 23.7 Å². The van der Waals surface area contributed by atoms with Gasteiger partial charge in [0.1, 0.15) is 33.0 Å². The average molecular weight is 1260 g/mol. The molecule has 0 saturated heterocycles. The lowest BCUT2D eigenvalue weighted by Crippen LogP contribution is -2.27. The Kier molecular flexibility index (Phi) is 27.3. The highest BCUT2D eigenvalue weighted by Crippen LogP contribution is 2.43. The van der Waals surface area contributed by atoms with Gasteiger partial charge in [0, 0.05) is 31.1 Å². The number of benzene rings is 4. The quantitative estimate of drug-likeness (QED) is 0.00874. The zero-order valence-electron chi connectivity index (χ0n) is 52.0. The SMILES string of the molecule is C=CC(=O)CCCC(=O)OCCCCCCOc1ccc(OOCC2CCC(C(=O)Oc3ccc(OOCC4CCC(C(=O)Oc5ccc(OCCCCCCOC(=O)CCCC(=O)C=C)cc5)CC4)c4nc(-c5cc6c(C)cc(C)cc6o5)sc34)CC2)cc1. The number of aromatic nitrogens is 1. The van der Waals surface area contributed by atoms with Gasteiger partial charge in [0.25, 0.3) is 0 Å². The Balaban J connectivity index is 0.730. The zero-order chi connectivity index (χ0) is 63.5. The van der Waals surface area contributed by atoms with Gasteiger partial charge < -0.3 is 42.6 Å². The molecule has 0 atom stereocenters. The van der Waals surface area contributed by atoms with Gasteiger partial charge in [-0.25, -0.2) is 4.98 Å². The summed E-state index contributed by atoms with van der Waals surface area (Å²) in [6, 6.07) is 23.9. The number of thiazole rings is 1. The summed E-state index contributed by atoms with van der Waals surface area (Å²) in [4.78, 5) is 102. The Morgan fingerprint density at radius 1 is 0.533 bits per heavy atom. The molecule has 4 aromatic carbocycles. The van der Waals surface area contributed by atoms with E-state index in [1.165, 1.54) is 23.5 Å². The number of esters is 4. The largest absolute Gasteiger partial charge is 0.494 e. The molecule has 0 bridgehead atoms. The van der Waals surface area contributed by atoms with Crippen LogP contribution in [0.4, 0.5) is 0 Å². The molecule has 2 aromatic heterocycles. The third-order valence-electron chi connectivity index (χ3n) is 16.2. The van der Waals surface area contributed by atoms with Crippen molar-refractivity contribution < 1.29 is 81.2 Å². The Bertz CT molecular complexity index is 3310. The Hall–Kier alpha value is -7.87. The average Bonchev–Trinajstić information content (AvgIpc) is 1.65. The second-order valence-corrected chi connectivity index (χ2v) is 24.3. The van der Waals surface area contributed by atoms with E-state index in [1.54, 1.807) is 48.5 Å². The number of ketones is 2. The van der Waals surface area contributed by atoms with E-state index in [-0.39, 0.29) is 72.0 Å². The third-order valence-corrected chi connectivity index (χ3v) is 17.3. The first-order valence-corrected chi connectivity index (χ1v) is 32.7. The van der Waals surface area contributed by atoms with Crippen LogP contribution >= 0.6 is 11.3 Å². The van der Waals surface area contributed by atoms with Crippen molar-refractivity contribution >= 4 is 68.0 Å². The molecule has 90 heavy (non-hydrogen) atoms. The lowest BCUT2D eigenvalue weighted by molar-refractivity contribution is -0.218. The number of carbonyl (C=O) groups excluding carboxylic acids is 6. The molecule has 0 radical (unpaired) electrons. The highest BCUT2D eigenvalue weighted by molar-refractivity contribution is 7.22. The summed E-state index contributed by atoms with van der Waals surface area (Å²) in [5, 5.41) is 1.59. The smallest absolute Gasteiger partial charge is 0.314 e. The zero-order valence-corrected chi connectivity index (χ0v) is 52.8. The maximum Gasteiger partial charge on any atom is 0.314 e. The van der Waals surface area contributed by atoms with Crippen LogP contribution in [-0.4, -0.2) is 80.1 Å². The molecule has 0 N–H and O–H groups in total. The molecule has 0 spiro atoms. The molecule has 2 saturated carbocycles. The van der Waals surface area contributed by atoms with E-state index in [0.717, 1.165) is 105 Å². The number of fused-ring (bicyclic) bond motifs is 2. The summed E-state index contributed by atoms with van der Waals surface area (Å²) in [7, 11) is 0. The monoisotopic (exact) mass is 1260 g/mol. The normalized spacial score (nSPS) is 16.4. The first kappa shape index (κ1) is 68.0. The summed E-state index contributed by atoms with van der Waals surface area (Å²) >= 11 is 1.36. The van der Waals surface area contributed by atoms with E-state index >= 15 is 0 Å². The molecule has 2 aliphatic rings. The molecule has 0 unspecified atom stereocenters. The fraction of sp³-hybridized carbons (Fsp3) is 0.479. The minimum Gasteiger partial charge on any atom is -0.494 e. The topological polar surface area (TPSA) is 221 Å². The second kappa shape index (κ2) is 36.1. The van der Waals surface area contributed by atoms with Gasteiger partial charge in [0.2, 0.25) is 0 Å². The van der Waals surface area contributed by atoms with E-state index in [4.69, 9.17) is 57.4 Å². The first-order chi connectivity index (χ1) is 43.8.